The Labute approximate surface area is 187 Å². The number of carboxylic acid groups (broad SMARTS) is 1. The number of benzene rings is 2. The Balaban J connectivity index is 1.45. The van der Waals surface area contributed by atoms with Crippen molar-refractivity contribution in [3.05, 3.63) is 59.1 Å². The molecule has 164 valence electrons. The molecule has 0 aliphatic carbocycles. The van der Waals surface area contributed by atoms with Gasteiger partial charge < -0.3 is 25.0 Å². The average Bonchev–Trinajstić information content (AvgIpc) is 3.31. The van der Waals surface area contributed by atoms with Crippen LogP contribution < -0.4 is 10.2 Å². The number of guanidine groups is 1. The van der Waals surface area contributed by atoms with Crippen LogP contribution in [-0.4, -0.2) is 67.4 Å². The summed E-state index contributed by atoms with van der Waals surface area (Å²) in [5.74, 6) is -0.146. The van der Waals surface area contributed by atoms with Gasteiger partial charge in [-0.2, -0.15) is 0 Å². The minimum absolute atomic E-state index is 0.163. The second-order valence-electron chi connectivity index (χ2n) is 7.73. The van der Waals surface area contributed by atoms with Crippen molar-refractivity contribution in [2.24, 2.45) is 4.99 Å². The molecule has 2 aliphatic rings. The van der Waals surface area contributed by atoms with Crippen LogP contribution in [0.4, 0.5) is 11.4 Å². The Morgan fingerprint density at radius 3 is 2.52 bits per heavy atom. The molecule has 0 spiro atoms. The number of aliphatic imine (C=N–C) groups is 1. The second kappa shape index (κ2) is 10.0. The summed E-state index contributed by atoms with van der Waals surface area (Å²) in [5.41, 5.74) is 2.13. The van der Waals surface area contributed by atoms with E-state index in [2.05, 4.69) is 15.1 Å². The topological polar surface area (TPSA) is 77.4 Å². The van der Waals surface area contributed by atoms with Crippen molar-refractivity contribution in [3.63, 3.8) is 0 Å². The standard InChI is InChI=1S/C23H27ClN4O3/c24-20-5-1-2-6-21(20)27-11-13-28(14-12-27)23(25-16-19-4-3-15-31-19)26-18-9-7-17(8-10-18)22(29)30/h1-2,5-10,19H,3-4,11-16H2,(H,25,26)(H,29,30). The van der Waals surface area contributed by atoms with Crippen LogP contribution in [0.25, 0.3) is 0 Å². The van der Waals surface area contributed by atoms with Crippen LogP contribution in [0.3, 0.4) is 0 Å². The van der Waals surface area contributed by atoms with Crippen LogP contribution in [0.1, 0.15) is 23.2 Å². The molecule has 1 unspecified atom stereocenters. The maximum absolute atomic E-state index is 11.1. The van der Waals surface area contributed by atoms with Crippen molar-refractivity contribution in [1.29, 1.82) is 0 Å². The fourth-order valence-electron chi connectivity index (χ4n) is 3.89. The molecule has 7 nitrogen and oxygen atoms in total. The van der Waals surface area contributed by atoms with Gasteiger partial charge in [-0.05, 0) is 49.2 Å². The van der Waals surface area contributed by atoms with Crippen LogP contribution in [0.2, 0.25) is 5.02 Å². The third-order valence-electron chi connectivity index (χ3n) is 5.63. The number of piperazine rings is 1. The molecule has 0 radical (unpaired) electrons. The van der Waals surface area contributed by atoms with E-state index < -0.39 is 5.97 Å². The zero-order valence-electron chi connectivity index (χ0n) is 17.3. The number of anilines is 2. The maximum atomic E-state index is 11.1. The van der Waals surface area contributed by atoms with Crippen LogP contribution in [0.15, 0.2) is 53.5 Å². The molecule has 0 aromatic heterocycles. The van der Waals surface area contributed by atoms with E-state index in [9.17, 15) is 4.79 Å². The van der Waals surface area contributed by atoms with E-state index in [1.807, 2.05) is 24.3 Å². The highest BCUT2D eigenvalue weighted by Crippen LogP contribution is 2.26. The fourth-order valence-corrected chi connectivity index (χ4v) is 4.14. The van der Waals surface area contributed by atoms with Crippen molar-refractivity contribution in [1.82, 2.24) is 4.90 Å². The first-order chi connectivity index (χ1) is 15.1. The number of ether oxygens (including phenoxy) is 1. The Morgan fingerprint density at radius 1 is 1.13 bits per heavy atom. The Morgan fingerprint density at radius 2 is 1.87 bits per heavy atom. The van der Waals surface area contributed by atoms with Crippen LogP contribution in [0, 0.1) is 0 Å². The lowest BCUT2D eigenvalue weighted by molar-refractivity contribution is 0.0697. The van der Waals surface area contributed by atoms with Crippen molar-refractivity contribution in [2.75, 3.05) is 49.5 Å². The predicted octanol–water partition coefficient (Wildman–Crippen LogP) is 3.81. The number of halogens is 1. The van der Waals surface area contributed by atoms with E-state index in [4.69, 9.17) is 26.4 Å². The van der Waals surface area contributed by atoms with Gasteiger partial charge >= 0.3 is 5.97 Å². The number of hydrogen-bond acceptors (Lipinski definition) is 4. The summed E-state index contributed by atoms with van der Waals surface area (Å²) < 4.78 is 5.73. The average molecular weight is 443 g/mol. The highest BCUT2D eigenvalue weighted by Gasteiger charge is 2.22. The summed E-state index contributed by atoms with van der Waals surface area (Å²) in [6, 6.07) is 14.6. The number of hydrogen-bond donors (Lipinski definition) is 2. The van der Waals surface area contributed by atoms with Gasteiger partial charge in [-0.25, -0.2) is 4.79 Å². The third-order valence-corrected chi connectivity index (χ3v) is 5.95. The molecule has 0 saturated carbocycles. The molecule has 2 heterocycles. The van der Waals surface area contributed by atoms with E-state index in [-0.39, 0.29) is 11.7 Å². The summed E-state index contributed by atoms with van der Waals surface area (Å²) >= 11 is 6.37. The maximum Gasteiger partial charge on any atom is 0.335 e. The van der Waals surface area contributed by atoms with Gasteiger partial charge in [0.15, 0.2) is 5.96 Å². The molecule has 0 bridgehead atoms. The van der Waals surface area contributed by atoms with E-state index in [1.54, 1.807) is 24.3 Å². The number of rotatable bonds is 5. The van der Waals surface area contributed by atoms with Crippen molar-refractivity contribution in [2.45, 2.75) is 18.9 Å². The Kier molecular flexibility index (Phi) is 6.94. The normalized spacial score (nSPS) is 19.5. The monoisotopic (exact) mass is 442 g/mol. The molecule has 2 aromatic carbocycles. The highest BCUT2D eigenvalue weighted by atomic mass is 35.5. The first-order valence-corrected chi connectivity index (χ1v) is 11.0. The Bertz CT molecular complexity index is 921. The zero-order valence-corrected chi connectivity index (χ0v) is 18.1. The number of carbonyl (C=O) groups is 1. The lowest BCUT2D eigenvalue weighted by Gasteiger charge is -2.38. The third kappa shape index (κ3) is 5.48. The predicted molar refractivity (Wildman–Crippen MR) is 124 cm³/mol. The van der Waals surface area contributed by atoms with E-state index in [0.29, 0.717) is 6.54 Å². The van der Waals surface area contributed by atoms with E-state index in [0.717, 1.165) is 68.0 Å². The number of nitrogens with zero attached hydrogens (tertiary/aromatic N) is 3. The van der Waals surface area contributed by atoms with Gasteiger partial charge in [-0.3, -0.25) is 4.99 Å². The van der Waals surface area contributed by atoms with Crippen molar-refractivity contribution in [3.8, 4) is 0 Å². The lowest BCUT2D eigenvalue weighted by Crippen LogP contribution is -2.51. The van der Waals surface area contributed by atoms with E-state index >= 15 is 0 Å². The molecule has 0 amide bonds. The van der Waals surface area contributed by atoms with Gasteiger partial charge in [0.05, 0.1) is 28.9 Å². The van der Waals surface area contributed by atoms with Crippen molar-refractivity contribution >= 4 is 34.9 Å². The van der Waals surface area contributed by atoms with Crippen molar-refractivity contribution < 1.29 is 14.6 Å². The summed E-state index contributed by atoms with van der Waals surface area (Å²) in [4.78, 5) is 20.5. The largest absolute Gasteiger partial charge is 0.478 e. The summed E-state index contributed by atoms with van der Waals surface area (Å²) in [6.07, 6.45) is 2.27. The second-order valence-corrected chi connectivity index (χ2v) is 8.14. The summed E-state index contributed by atoms with van der Waals surface area (Å²) in [6.45, 7) is 4.69. The van der Waals surface area contributed by atoms with Gasteiger partial charge in [-0.1, -0.05) is 23.7 Å². The zero-order chi connectivity index (χ0) is 21.6. The minimum atomic E-state index is -0.936. The number of carboxylic acids is 1. The minimum Gasteiger partial charge on any atom is -0.478 e. The lowest BCUT2D eigenvalue weighted by atomic mass is 10.2. The van der Waals surface area contributed by atoms with Gasteiger partial charge in [0.2, 0.25) is 0 Å². The molecule has 2 aromatic rings. The fraction of sp³-hybridized carbons (Fsp3) is 0.391. The number of aromatic carboxylic acids is 1. The van der Waals surface area contributed by atoms with Crippen LogP contribution in [0.5, 0.6) is 0 Å². The van der Waals surface area contributed by atoms with Gasteiger partial charge in [0.1, 0.15) is 0 Å². The molecule has 2 aliphatic heterocycles. The Hall–Kier alpha value is -2.77. The molecule has 4 rings (SSSR count). The molecule has 8 heteroatoms. The smallest absolute Gasteiger partial charge is 0.335 e. The molecule has 2 fully saturated rings. The molecule has 1 atom stereocenters. The first kappa shape index (κ1) is 21.5. The van der Waals surface area contributed by atoms with Crippen LogP contribution >= 0.6 is 11.6 Å². The van der Waals surface area contributed by atoms with Crippen LogP contribution in [-0.2, 0) is 4.74 Å². The number of para-hydroxylation sites is 1. The first-order valence-electron chi connectivity index (χ1n) is 10.6. The van der Waals surface area contributed by atoms with Gasteiger partial charge in [0.25, 0.3) is 0 Å². The quantitative estimate of drug-likeness (QED) is 0.541. The molecular weight excluding hydrogens is 416 g/mol. The van der Waals surface area contributed by atoms with Gasteiger partial charge in [0, 0.05) is 38.5 Å². The molecular formula is C23H27ClN4O3. The summed E-state index contributed by atoms with van der Waals surface area (Å²) in [7, 11) is 0. The molecule has 2 N–H and O–H groups in total. The highest BCUT2D eigenvalue weighted by molar-refractivity contribution is 6.33. The SMILES string of the molecule is O=C(O)c1ccc(NC(=NCC2CCCO2)N2CCN(c3ccccc3Cl)CC2)cc1. The van der Waals surface area contributed by atoms with Gasteiger partial charge in [-0.15, -0.1) is 0 Å². The summed E-state index contributed by atoms with van der Waals surface area (Å²) in [5, 5.41) is 13.3. The number of nitrogens with one attached hydrogen (secondary N) is 1. The van der Waals surface area contributed by atoms with E-state index in [1.165, 1.54) is 0 Å². The molecule has 31 heavy (non-hydrogen) atoms. The molecule has 2 saturated heterocycles.